The van der Waals surface area contributed by atoms with Gasteiger partial charge in [-0.15, -0.1) is 0 Å². The SMILES string of the molecule is CC(C)(O)c1cc(F)c(Cc2nc3cc(C(=O)NCCC(F)(F)F)ccc3[nH]2)cc1OCc1ccccc1. The van der Waals surface area contributed by atoms with Crippen LogP contribution in [0.1, 0.15) is 53.1 Å². The van der Waals surface area contributed by atoms with Gasteiger partial charge in [0.15, 0.2) is 0 Å². The molecule has 1 aromatic heterocycles. The average Bonchev–Trinajstić information content (AvgIpc) is 3.25. The number of benzene rings is 3. The van der Waals surface area contributed by atoms with E-state index < -0.39 is 36.5 Å². The van der Waals surface area contributed by atoms with E-state index in [1.807, 2.05) is 30.3 Å². The molecule has 0 fully saturated rings. The third kappa shape index (κ3) is 6.89. The number of nitrogens with zero attached hydrogens (tertiary/aromatic N) is 1. The van der Waals surface area contributed by atoms with Crippen molar-refractivity contribution in [2.75, 3.05) is 6.54 Å². The molecule has 3 aromatic carbocycles. The Bertz CT molecular complexity index is 1430. The van der Waals surface area contributed by atoms with E-state index in [0.717, 1.165) is 5.56 Å². The van der Waals surface area contributed by atoms with E-state index in [1.54, 1.807) is 19.9 Å². The predicted molar refractivity (Wildman–Crippen MR) is 134 cm³/mol. The molecule has 0 spiro atoms. The van der Waals surface area contributed by atoms with E-state index in [2.05, 4.69) is 15.3 Å². The number of imidazole rings is 1. The van der Waals surface area contributed by atoms with E-state index in [-0.39, 0.29) is 24.2 Å². The van der Waals surface area contributed by atoms with E-state index >= 15 is 4.39 Å². The van der Waals surface area contributed by atoms with Gasteiger partial charge in [-0.1, -0.05) is 30.3 Å². The molecule has 6 nitrogen and oxygen atoms in total. The summed E-state index contributed by atoms with van der Waals surface area (Å²) < 4.78 is 58.1. The summed E-state index contributed by atoms with van der Waals surface area (Å²) in [5.74, 6) is -0.432. The number of hydrogen-bond donors (Lipinski definition) is 3. The summed E-state index contributed by atoms with van der Waals surface area (Å²) in [6.45, 7) is 2.80. The molecule has 0 saturated carbocycles. The maximum Gasteiger partial charge on any atom is 0.390 e. The molecule has 4 rings (SSSR count). The van der Waals surface area contributed by atoms with Crippen LogP contribution in [-0.4, -0.2) is 33.7 Å². The lowest BCUT2D eigenvalue weighted by Crippen LogP contribution is -2.27. The molecular formula is C28H27F4N3O3. The number of alkyl halides is 3. The molecule has 0 radical (unpaired) electrons. The van der Waals surface area contributed by atoms with E-state index in [1.165, 1.54) is 24.3 Å². The minimum atomic E-state index is -4.36. The Morgan fingerprint density at radius 1 is 1.08 bits per heavy atom. The third-order valence-corrected chi connectivity index (χ3v) is 5.89. The first kappa shape index (κ1) is 27.1. The van der Waals surface area contributed by atoms with Crippen LogP contribution in [0, 0.1) is 5.82 Å². The van der Waals surface area contributed by atoms with Gasteiger partial charge >= 0.3 is 6.18 Å². The fraction of sp³-hybridized carbons (Fsp3) is 0.286. The number of fused-ring (bicyclic) bond motifs is 1. The highest BCUT2D eigenvalue weighted by Crippen LogP contribution is 2.33. The number of carbonyl (C=O) groups is 1. The van der Waals surface area contributed by atoms with Crippen molar-refractivity contribution in [2.45, 2.75) is 45.1 Å². The second kappa shape index (κ2) is 10.8. The zero-order valence-corrected chi connectivity index (χ0v) is 20.8. The van der Waals surface area contributed by atoms with Crippen molar-refractivity contribution >= 4 is 16.9 Å². The Morgan fingerprint density at radius 2 is 1.82 bits per heavy atom. The predicted octanol–water partition coefficient (Wildman–Crippen LogP) is 5.78. The highest BCUT2D eigenvalue weighted by molar-refractivity contribution is 5.97. The first-order valence-electron chi connectivity index (χ1n) is 11.9. The van der Waals surface area contributed by atoms with Crippen LogP contribution in [0.25, 0.3) is 11.0 Å². The van der Waals surface area contributed by atoms with Crippen LogP contribution < -0.4 is 10.1 Å². The highest BCUT2D eigenvalue weighted by atomic mass is 19.4. The van der Waals surface area contributed by atoms with E-state index in [4.69, 9.17) is 4.74 Å². The molecule has 1 heterocycles. The number of halogens is 4. The molecule has 0 aliphatic carbocycles. The van der Waals surface area contributed by atoms with Gasteiger partial charge < -0.3 is 20.1 Å². The van der Waals surface area contributed by atoms with E-state index in [0.29, 0.717) is 28.2 Å². The summed E-state index contributed by atoms with van der Waals surface area (Å²) in [5.41, 5.74) is 1.32. The van der Waals surface area contributed by atoms with Gasteiger partial charge in [-0.3, -0.25) is 4.79 Å². The summed E-state index contributed by atoms with van der Waals surface area (Å²) in [5, 5.41) is 12.8. The molecule has 1 amide bonds. The number of amides is 1. The second-order valence-electron chi connectivity index (χ2n) is 9.49. The van der Waals surface area contributed by atoms with Crippen LogP contribution in [0.5, 0.6) is 5.75 Å². The largest absolute Gasteiger partial charge is 0.488 e. The number of nitrogens with one attached hydrogen (secondary N) is 2. The fourth-order valence-electron chi connectivity index (χ4n) is 3.95. The van der Waals surface area contributed by atoms with Crippen LogP contribution >= 0.6 is 0 Å². The number of ether oxygens (including phenoxy) is 1. The summed E-state index contributed by atoms with van der Waals surface area (Å²) in [6, 6.07) is 16.8. The number of carbonyl (C=O) groups excluding carboxylic acids is 1. The van der Waals surface area contributed by atoms with Gasteiger partial charge in [0.25, 0.3) is 5.91 Å². The quantitative estimate of drug-likeness (QED) is 0.240. The third-order valence-electron chi connectivity index (χ3n) is 5.89. The number of aromatic nitrogens is 2. The molecule has 3 N–H and O–H groups in total. The minimum Gasteiger partial charge on any atom is -0.488 e. The molecule has 0 atom stereocenters. The van der Waals surface area contributed by atoms with Crippen LogP contribution in [0.15, 0.2) is 60.7 Å². The maximum atomic E-state index is 15.1. The normalized spacial score (nSPS) is 12.1. The fourth-order valence-corrected chi connectivity index (χ4v) is 3.95. The first-order chi connectivity index (χ1) is 17.9. The van der Waals surface area contributed by atoms with Crippen LogP contribution in [-0.2, 0) is 18.6 Å². The standard InChI is InChI=1S/C28H27F4N3O3/c1-27(2,37)20-15-21(29)19(13-24(20)38-16-17-6-4-3-5-7-17)14-25-34-22-9-8-18(12-23(22)35-25)26(36)33-11-10-28(30,31)32/h3-9,12-13,15,37H,10-11,14,16H2,1-2H3,(H,33,36)(H,34,35). The number of rotatable bonds is 9. The smallest absolute Gasteiger partial charge is 0.390 e. The average molecular weight is 530 g/mol. The molecule has 0 aliphatic rings. The van der Waals surface area contributed by atoms with Crippen molar-refractivity contribution in [3.05, 3.63) is 94.6 Å². The number of H-pyrrole nitrogens is 1. The summed E-state index contributed by atoms with van der Waals surface area (Å²) >= 11 is 0. The topological polar surface area (TPSA) is 87.2 Å². The molecule has 0 unspecified atom stereocenters. The van der Waals surface area contributed by atoms with Gasteiger partial charge in [-0.25, -0.2) is 9.37 Å². The molecule has 10 heteroatoms. The molecule has 38 heavy (non-hydrogen) atoms. The summed E-state index contributed by atoms with van der Waals surface area (Å²) in [4.78, 5) is 19.7. The monoisotopic (exact) mass is 529 g/mol. The van der Waals surface area contributed by atoms with Crippen molar-refractivity contribution < 1.29 is 32.2 Å². The number of aromatic amines is 1. The van der Waals surface area contributed by atoms with Gasteiger partial charge in [0.2, 0.25) is 0 Å². The van der Waals surface area contributed by atoms with Crippen LogP contribution in [0.2, 0.25) is 0 Å². The lowest BCUT2D eigenvalue weighted by atomic mass is 9.94. The molecule has 0 aliphatic heterocycles. The van der Waals surface area contributed by atoms with E-state index in [9.17, 15) is 23.1 Å². The molecule has 200 valence electrons. The first-order valence-corrected chi connectivity index (χ1v) is 11.9. The molecular weight excluding hydrogens is 502 g/mol. The van der Waals surface area contributed by atoms with Crippen LogP contribution in [0.4, 0.5) is 17.6 Å². The second-order valence-corrected chi connectivity index (χ2v) is 9.49. The summed E-state index contributed by atoms with van der Waals surface area (Å²) in [6.07, 6.45) is -5.41. The Kier molecular flexibility index (Phi) is 7.73. The van der Waals surface area contributed by atoms with Gasteiger partial charge in [0.1, 0.15) is 24.0 Å². The Morgan fingerprint density at radius 3 is 2.50 bits per heavy atom. The Balaban J connectivity index is 1.54. The lowest BCUT2D eigenvalue weighted by molar-refractivity contribution is -0.133. The number of aliphatic hydroxyl groups is 1. The lowest BCUT2D eigenvalue weighted by Gasteiger charge is -2.23. The van der Waals surface area contributed by atoms with Crippen molar-refractivity contribution in [3.8, 4) is 5.75 Å². The van der Waals surface area contributed by atoms with Gasteiger partial charge in [0.05, 0.1) is 23.1 Å². The number of hydrogen-bond acceptors (Lipinski definition) is 4. The molecule has 0 bridgehead atoms. The van der Waals surface area contributed by atoms with Crippen molar-refractivity contribution in [3.63, 3.8) is 0 Å². The van der Waals surface area contributed by atoms with Crippen molar-refractivity contribution in [2.24, 2.45) is 0 Å². The molecule has 4 aromatic rings. The van der Waals surface area contributed by atoms with Crippen LogP contribution in [0.3, 0.4) is 0 Å². The Hall–Kier alpha value is -3.92. The Labute approximate surface area is 216 Å². The van der Waals surface area contributed by atoms with Gasteiger partial charge in [-0.2, -0.15) is 13.2 Å². The zero-order valence-electron chi connectivity index (χ0n) is 20.8. The highest BCUT2D eigenvalue weighted by Gasteiger charge is 2.27. The van der Waals surface area contributed by atoms with Gasteiger partial charge in [-0.05, 0) is 55.3 Å². The minimum absolute atomic E-state index is 0.0709. The van der Waals surface area contributed by atoms with Crippen molar-refractivity contribution in [1.82, 2.24) is 15.3 Å². The van der Waals surface area contributed by atoms with Gasteiger partial charge in [0, 0.05) is 24.1 Å². The molecule has 0 saturated heterocycles. The maximum absolute atomic E-state index is 15.1. The summed E-state index contributed by atoms with van der Waals surface area (Å²) in [7, 11) is 0. The van der Waals surface area contributed by atoms with Crippen molar-refractivity contribution in [1.29, 1.82) is 0 Å². The zero-order chi connectivity index (χ0) is 27.5.